The highest BCUT2D eigenvalue weighted by molar-refractivity contribution is 5.94. The first-order chi connectivity index (χ1) is 12.3. The molecule has 3 heterocycles. The average Bonchev–Trinajstić information content (AvgIpc) is 2.68. The quantitative estimate of drug-likeness (QED) is 0.786. The highest BCUT2D eigenvalue weighted by atomic mass is 16.5. The molecule has 1 saturated heterocycles. The number of hydrogen-bond acceptors (Lipinski definition) is 6. The Bertz CT molecular complexity index is 674. The number of morpholine rings is 1. The number of anilines is 1. The second-order valence-corrected chi connectivity index (χ2v) is 5.85. The van der Waals surface area contributed by atoms with Crippen LogP contribution < -0.4 is 10.6 Å². The minimum absolute atomic E-state index is 0.109. The number of carbonyl (C=O) groups excluding carboxylic acids is 1. The van der Waals surface area contributed by atoms with Crippen LogP contribution in [0.3, 0.4) is 0 Å². The summed E-state index contributed by atoms with van der Waals surface area (Å²) in [4.78, 5) is 23.0. The van der Waals surface area contributed by atoms with Crippen molar-refractivity contribution < 1.29 is 9.53 Å². The van der Waals surface area contributed by atoms with Crippen LogP contribution in [0, 0.1) is 0 Å². The van der Waals surface area contributed by atoms with Gasteiger partial charge in [-0.25, -0.2) is 0 Å². The normalized spacial score (nSPS) is 14.9. The number of ether oxygens (including phenoxy) is 1. The van der Waals surface area contributed by atoms with E-state index in [1.54, 1.807) is 24.7 Å². The first-order valence-corrected chi connectivity index (χ1v) is 8.48. The molecule has 1 aliphatic heterocycles. The number of aromatic nitrogens is 2. The Balaban J connectivity index is 1.47. The van der Waals surface area contributed by atoms with Crippen LogP contribution in [0.5, 0.6) is 0 Å². The van der Waals surface area contributed by atoms with Gasteiger partial charge in [-0.2, -0.15) is 0 Å². The molecule has 2 aromatic heterocycles. The third-order valence-corrected chi connectivity index (χ3v) is 4.02. The summed E-state index contributed by atoms with van der Waals surface area (Å²) in [7, 11) is 0. The molecule has 0 bridgehead atoms. The van der Waals surface area contributed by atoms with Crippen molar-refractivity contribution in [2.45, 2.75) is 6.54 Å². The number of pyridine rings is 2. The Kier molecular flexibility index (Phi) is 6.30. The van der Waals surface area contributed by atoms with E-state index in [-0.39, 0.29) is 5.91 Å². The molecule has 0 aromatic carbocycles. The fraction of sp³-hybridized carbons (Fsp3) is 0.389. The Hall–Kier alpha value is -2.51. The van der Waals surface area contributed by atoms with E-state index in [4.69, 9.17) is 4.74 Å². The maximum absolute atomic E-state index is 12.3. The van der Waals surface area contributed by atoms with E-state index in [1.807, 2.05) is 18.2 Å². The van der Waals surface area contributed by atoms with Crippen LogP contribution in [0.1, 0.15) is 16.1 Å². The molecule has 25 heavy (non-hydrogen) atoms. The molecule has 0 radical (unpaired) electrons. The van der Waals surface area contributed by atoms with Gasteiger partial charge in [0, 0.05) is 44.8 Å². The van der Waals surface area contributed by atoms with Gasteiger partial charge in [0.05, 0.1) is 36.7 Å². The minimum Gasteiger partial charge on any atom is -0.379 e. The molecule has 2 aromatic rings. The number of hydrogen-bond donors (Lipinski definition) is 2. The average molecular weight is 341 g/mol. The lowest BCUT2D eigenvalue weighted by atomic mass is 10.2. The Labute approximate surface area is 147 Å². The lowest BCUT2D eigenvalue weighted by molar-refractivity contribution is 0.0383. The van der Waals surface area contributed by atoms with E-state index in [9.17, 15) is 4.79 Å². The van der Waals surface area contributed by atoms with Gasteiger partial charge in [-0.05, 0) is 18.2 Å². The molecule has 7 nitrogen and oxygen atoms in total. The molecule has 0 atom stereocenters. The van der Waals surface area contributed by atoms with Gasteiger partial charge in [0.15, 0.2) is 0 Å². The number of nitrogens with zero attached hydrogens (tertiary/aromatic N) is 3. The van der Waals surface area contributed by atoms with Gasteiger partial charge in [-0.3, -0.25) is 19.7 Å². The van der Waals surface area contributed by atoms with Crippen molar-refractivity contribution in [1.29, 1.82) is 0 Å². The zero-order valence-electron chi connectivity index (χ0n) is 14.1. The summed E-state index contributed by atoms with van der Waals surface area (Å²) < 4.78 is 5.32. The highest BCUT2D eigenvalue weighted by Crippen LogP contribution is 2.09. The second kappa shape index (κ2) is 9.10. The summed E-state index contributed by atoms with van der Waals surface area (Å²) in [6.45, 7) is 5.41. The van der Waals surface area contributed by atoms with Crippen LogP contribution in [-0.4, -0.2) is 60.2 Å². The van der Waals surface area contributed by atoms with Gasteiger partial charge in [-0.15, -0.1) is 0 Å². The van der Waals surface area contributed by atoms with Crippen molar-refractivity contribution in [1.82, 2.24) is 20.2 Å². The van der Waals surface area contributed by atoms with E-state index >= 15 is 0 Å². The molecule has 0 saturated carbocycles. The molecule has 0 spiro atoms. The summed E-state index contributed by atoms with van der Waals surface area (Å²) in [5.41, 5.74) is 2.28. The Morgan fingerprint density at radius 1 is 1.24 bits per heavy atom. The van der Waals surface area contributed by atoms with Crippen LogP contribution in [0.4, 0.5) is 5.69 Å². The van der Waals surface area contributed by atoms with Gasteiger partial charge in [0.2, 0.25) is 0 Å². The maximum atomic E-state index is 12.3. The van der Waals surface area contributed by atoms with Gasteiger partial charge < -0.3 is 15.4 Å². The van der Waals surface area contributed by atoms with Crippen molar-refractivity contribution in [2.24, 2.45) is 0 Å². The van der Waals surface area contributed by atoms with Crippen LogP contribution in [-0.2, 0) is 11.3 Å². The third kappa shape index (κ3) is 5.51. The van der Waals surface area contributed by atoms with Crippen LogP contribution in [0.2, 0.25) is 0 Å². The molecular weight excluding hydrogens is 318 g/mol. The predicted octanol–water partition coefficient (Wildman–Crippen LogP) is 1.15. The largest absolute Gasteiger partial charge is 0.379 e. The summed E-state index contributed by atoms with van der Waals surface area (Å²) in [6, 6.07) is 7.58. The smallest absolute Gasteiger partial charge is 0.252 e. The van der Waals surface area contributed by atoms with E-state index in [1.165, 1.54) is 0 Å². The fourth-order valence-corrected chi connectivity index (χ4v) is 2.61. The number of nitrogens with one attached hydrogen (secondary N) is 2. The second-order valence-electron chi connectivity index (χ2n) is 5.85. The Morgan fingerprint density at radius 3 is 2.92 bits per heavy atom. The monoisotopic (exact) mass is 341 g/mol. The van der Waals surface area contributed by atoms with E-state index < -0.39 is 0 Å². The molecule has 0 aliphatic carbocycles. The standard InChI is InChI=1S/C18H23N5O2/c24-18(21-5-6-23-7-9-25-10-8-23)15-11-17(13-19-12-15)22-14-16-3-1-2-4-20-16/h1-4,11-13,22H,5-10,14H2,(H,21,24). The molecule has 0 unspecified atom stereocenters. The molecular formula is C18H23N5O2. The molecule has 1 fully saturated rings. The first-order valence-electron chi connectivity index (χ1n) is 8.48. The highest BCUT2D eigenvalue weighted by Gasteiger charge is 2.11. The van der Waals surface area contributed by atoms with Crippen molar-refractivity contribution in [2.75, 3.05) is 44.7 Å². The van der Waals surface area contributed by atoms with Crippen molar-refractivity contribution >= 4 is 11.6 Å². The molecule has 7 heteroatoms. The van der Waals surface area contributed by atoms with Gasteiger partial charge in [0.25, 0.3) is 5.91 Å². The maximum Gasteiger partial charge on any atom is 0.252 e. The lowest BCUT2D eigenvalue weighted by Crippen LogP contribution is -2.41. The molecule has 1 aliphatic rings. The zero-order valence-corrected chi connectivity index (χ0v) is 14.1. The van der Waals surface area contributed by atoms with Crippen LogP contribution in [0.25, 0.3) is 0 Å². The topological polar surface area (TPSA) is 79.4 Å². The van der Waals surface area contributed by atoms with Crippen molar-refractivity contribution in [3.8, 4) is 0 Å². The number of carbonyl (C=O) groups is 1. The number of rotatable bonds is 7. The minimum atomic E-state index is -0.109. The molecule has 3 rings (SSSR count). The first kappa shape index (κ1) is 17.3. The SMILES string of the molecule is O=C(NCCN1CCOCC1)c1cncc(NCc2ccccn2)c1. The van der Waals surface area contributed by atoms with E-state index in [0.29, 0.717) is 18.7 Å². The van der Waals surface area contributed by atoms with Gasteiger partial charge in [-0.1, -0.05) is 6.07 Å². The van der Waals surface area contributed by atoms with Gasteiger partial charge >= 0.3 is 0 Å². The van der Waals surface area contributed by atoms with E-state index in [2.05, 4.69) is 25.5 Å². The number of amides is 1. The molecule has 132 valence electrons. The predicted molar refractivity (Wildman–Crippen MR) is 95.4 cm³/mol. The Morgan fingerprint density at radius 2 is 2.12 bits per heavy atom. The summed E-state index contributed by atoms with van der Waals surface area (Å²) in [6.07, 6.45) is 5.04. The van der Waals surface area contributed by atoms with E-state index in [0.717, 1.165) is 44.2 Å². The molecule has 1 amide bonds. The fourth-order valence-electron chi connectivity index (χ4n) is 2.61. The summed E-state index contributed by atoms with van der Waals surface area (Å²) in [5.74, 6) is -0.109. The summed E-state index contributed by atoms with van der Waals surface area (Å²) in [5, 5.41) is 6.18. The molecule has 2 N–H and O–H groups in total. The summed E-state index contributed by atoms with van der Waals surface area (Å²) >= 11 is 0. The lowest BCUT2D eigenvalue weighted by Gasteiger charge is -2.26. The van der Waals surface area contributed by atoms with Gasteiger partial charge in [0.1, 0.15) is 0 Å². The van der Waals surface area contributed by atoms with Crippen LogP contribution >= 0.6 is 0 Å². The van der Waals surface area contributed by atoms with Crippen molar-refractivity contribution in [3.05, 3.63) is 54.1 Å². The van der Waals surface area contributed by atoms with Crippen LogP contribution in [0.15, 0.2) is 42.9 Å². The van der Waals surface area contributed by atoms with Crippen molar-refractivity contribution in [3.63, 3.8) is 0 Å². The third-order valence-electron chi connectivity index (χ3n) is 4.02. The zero-order chi connectivity index (χ0) is 17.3.